The molecule has 0 bridgehead atoms. The van der Waals surface area contributed by atoms with Gasteiger partial charge in [0.1, 0.15) is 5.69 Å². The minimum Gasteiger partial charge on any atom is -0.378 e. The number of benzene rings is 2. The number of thiazole rings is 1. The molecule has 0 aliphatic carbocycles. The number of hydrazine groups is 1. The van der Waals surface area contributed by atoms with Crippen LogP contribution in [0.2, 0.25) is 0 Å². The fraction of sp³-hybridized carbons (Fsp3) is 0.227. The first-order valence-corrected chi connectivity index (χ1v) is 10.6. The molecular formula is C22H22N4O3S. The standard InChI is InChI=1S/C22H22N4O3S/c27-20(18-9-5-4-8-17(18)14-16-6-2-1-3-7-16)24-25-21(28)19-15-30-22(23-19)26-10-12-29-13-11-26/h1-9,15H,10-14H2,(H,24,27)(H,25,28). The van der Waals surface area contributed by atoms with Gasteiger partial charge in [0, 0.05) is 24.0 Å². The zero-order valence-corrected chi connectivity index (χ0v) is 17.2. The van der Waals surface area contributed by atoms with E-state index in [4.69, 9.17) is 4.74 Å². The lowest BCUT2D eigenvalue weighted by Gasteiger charge is -2.25. The molecule has 0 radical (unpaired) electrons. The average Bonchev–Trinajstić information content (AvgIpc) is 3.29. The molecule has 1 aliphatic rings. The second-order valence-corrected chi connectivity index (χ2v) is 7.68. The predicted octanol–water partition coefficient (Wildman–Crippen LogP) is 2.65. The number of hydrogen-bond donors (Lipinski definition) is 2. The quantitative estimate of drug-likeness (QED) is 0.618. The normalized spacial score (nSPS) is 13.7. The van der Waals surface area contributed by atoms with Crippen molar-refractivity contribution in [1.29, 1.82) is 0 Å². The SMILES string of the molecule is O=C(NNC(=O)c1ccccc1Cc1ccccc1)c1csc(N2CCOCC2)n1. The van der Waals surface area contributed by atoms with Crippen LogP contribution in [0, 0.1) is 0 Å². The van der Waals surface area contributed by atoms with E-state index in [1.54, 1.807) is 17.5 Å². The van der Waals surface area contributed by atoms with E-state index in [1.807, 2.05) is 42.5 Å². The monoisotopic (exact) mass is 422 g/mol. The minimum absolute atomic E-state index is 0.277. The number of ether oxygens (including phenoxy) is 1. The number of aromatic nitrogens is 1. The van der Waals surface area contributed by atoms with Crippen molar-refractivity contribution in [3.63, 3.8) is 0 Å². The summed E-state index contributed by atoms with van der Waals surface area (Å²) in [5.41, 5.74) is 7.77. The maximum atomic E-state index is 12.7. The number of rotatable bonds is 5. The predicted molar refractivity (Wildman–Crippen MR) is 116 cm³/mol. The van der Waals surface area contributed by atoms with E-state index in [-0.39, 0.29) is 11.6 Å². The summed E-state index contributed by atoms with van der Waals surface area (Å²) in [5, 5.41) is 2.47. The average molecular weight is 423 g/mol. The van der Waals surface area contributed by atoms with Gasteiger partial charge in [0.2, 0.25) is 0 Å². The van der Waals surface area contributed by atoms with Crippen molar-refractivity contribution in [2.45, 2.75) is 6.42 Å². The van der Waals surface area contributed by atoms with Crippen molar-refractivity contribution < 1.29 is 14.3 Å². The van der Waals surface area contributed by atoms with Crippen LogP contribution < -0.4 is 15.8 Å². The number of anilines is 1. The van der Waals surface area contributed by atoms with Crippen molar-refractivity contribution >= 4 is 28.3 Å². The van der Waals surface area contributed by atoms with Crippen LogP contribution in [0.1, 0.15) is 32.0 Å². The molecule has 0 saturated carbocycles. The Hall–Kier alpha value is -3.23. The lowest BCUT2D eigenvalue weighted by atomic mass is 9.99. The summed E-state index contributed by atoms with van der Waals surface area (Å²) in [4.78, 5) is 31.6. The summed E-state index contributed by atoms with van der Waals surface area (Å²) in [6.45, 7) is 2.81. The molecule has 30 heavy (non-hydrogen) atoms. The lowest BCUT2D eigenvalue weighted by Crippen LogP contribution is -2.42. The van der Waals surface area contributed by atoms with Crippen molar-refractivity contribution in [2.75, 3.05) is 31.2 Å². The van der Waals surface area contributed by atoms with Gasteiger partial charge in [0.05, 0.1) is 13.2 Å². The van der Waals surface area contributed by atoms with E-state index in [0.29, 0.717) is 25.2 Å². The molecule has 1 fully saturated rings. The molecule has 3 aromatic rings. The molecule has 154 valence electrons. The van der Waals surface area contributed by atoms with Crippen LogP contribution in [-0.4, -0.2) is 43.1 Å². The lowest BCUT2D eigenvalue weighted by molar-refractivity contribution is 0.0844. The smallest absolute Gasteiger partial charge is 0.289 e. The van der Waals surface area contributed by atoms with E-state index in [2.05, 4.69) is 20.7 Å². The number of hydrogen-bond acceptors (Lipinski definition) is 6. The van der Waals surface area contributed by atoms with Crippen molar-refractivity contribution in [1.82, 2.24) is 15.8 Å². The van der Waals surface area contributed by atoms with E-state index in [1.165, 1.54) is 11.3 Å². The molecule has 2 N–H and O–H groups in total. The molecule has 1 aromatic heterocycles. The summed E-state index contributed by atoms with van der Waals surface area (Å²) in [6, 6.07) is 17.3. The number of morpholine rings is 1. The Morgan fingerprint density at radius 1 is 0.967 bits per heavy atom. The van der Waals surface area contributed by atoms with Gasteiger partial charge < -0.3 is 9.64 Å². The zero-order chi connectivity index (χ0) is 20.8. The molecule has 0 unspecified atom stereocenters. The first-order chi connectivity index (χ1) is 14.7. The molecular weight excluding hydrogens is 400 g/mol. The third-order valence-corrected chi connectivity index (χ3v) is 5.70. The molecule has 8 heteroatoms. The Morgan fingerprint density at radius 2 is 1.67 bits per heavy atom. The largest absolute Gasteiger partial charge is 0.378 e. The van der Waals surface area contributed by atoms with E-state index in [9.17, 15) is 9.59 Å². The third kappa shape index (κ3) is 4.84. The number of nitrogens with zero attached hydrogens (tertiary/aromatic N) is 2. The van der Waals surface area contributed by atoms with Crippen LogP contribution >= 0.6 is 11.3 Å². The molecule has 0 spiro atoms. The van der Waals surface area contributed by atoms with Crippen LogP contribution in [0.4, 0.5) is 5.13 Å². The molecule has 0 atom stereocenters. The molecule has 2 amide bonds. The van der Waals surface area contributed by atoms with Gasteiger partial charge in [-0.05, 0) is 23.6 Å². The first-order valence-electron chi connectivity index (χ1n) is 9.71. The Bertz CT molecular complexity index is 1020. The van der Waals surface area contributed by atoms with Crippen molar-refractivity contribution in [3.05, 3.63) is 82.4 Å². The number of nitrogens with one attached hydrogen (secondary N) is 2. The second kappa shape index (κ2) is 9.51. The van der Waals surface area contributed by atoms with E-state index in [0.717, 1.165) is 29.3 Å². The van der Waals surface area contributed by atoms with Gasteiger partial charge in [0.25, 0.3) is 11.8 Å². The Balaban J connectivity index is 1.38. The Morgan fingerprint density at radius 3 is 2.47 bits per heavy atom. The van der Waals surface area contributed by atoms with Crippen LogP contribution in [0.25, 0.3) is 0 Å². The van der Waals surface area contributed by atoms with Crippen molar-refractivity contribution in [3.8, 4) is 0 Å². The summed E-state index contributed by atoms with van der Waals surface area (Å²) in [7, 11) is 0. The maximum absolute atomic E-state index is 12.7. The second-order valence-electron chi connectivity index (χ2n) is 6.84. The summed E-state index contributed by atoms with van der Waals surface area (Å²) in [5.74, 6) is -0.807. The van der Waals surface area contributed by atoms with Crippen molar-refractivity contribution in [2.24, 2.45) is 0 Å². The van der Waals surface area contributed by atoms with Crippen LogP contribution in [-0.2, 0) is 11.2 Å². The van der Waals surface area contributed by atoms with E-state index < -0.39 is 5.91 Å². The van der Waals surface area contributed by atoms with Gasteiger partial charge in [-0.3, -0.25) is 20.4 Å². The molecule has 7 nitrogen and oxygen atoms in total. The minimum atomic E-state index is -0.445. The van der Waals surface area contributed by atoms with Gasteiger partial charge in [-0.25, -0.2) is 4.98 Å². The first kappa shape index (κ1) is 20.1. The fourth-order valence-corrected chi connectivity index (χ4v) is 4.08. The highest BCUT2D eigenvalue weighted by atomic mass is 32.1. The summed E-state index contributed by atoms with van der Waals surface area (Å²) in [6.07, 6.45) is 0.632. The van der Waals surface area contributed by atoms with E-state index >= 15 is 0 Å². The Kier molecular flexibility index (Phi) is 6.36. The molecule has 1 saturated heterocycles. The molecule has 2 aromatic carbocycles. The van der Waals surface area contributed by atoms with Gasteiger partial charge in [-0.1, -0.05) is 48.5 Å². The van der Waals surface area contributed by atoms with Gasteiger partial charge in [0.15, 0.2) is 5.13 Å². The number of carbonyl (C=O) groups is 2. The highest BCUT2D eigenvalue weighted by molar-refractivity contribution is 7.13. The molecule has 1 aliphatic heterocycles. The van der Waals surface area contributed by atoms with Gasteiger partial charge >= 0.3 is 0 Å². The topological polar surface area (TPSA) is 83.6 Å². The van der Waals surface area contributed by atoms with Gasteiger partial charge in [-0.15, -0.1) is 11.3 Å². The van der Waals surface area contributed by atoms with Gasteiger partial charge in [-0.2, -0.15) is 0 Å². The summed E-state index contributed by atoms with van der Waals surface area (Å²) >= 11 is 1.40. The number of amides is 2. The Labute approximate surface area is 178 Å². The highest BCUT2D eigenvalue weighted by Crippen LogP contribution is 2.21. The maximum Gasteiger partial charge on any atom is 0.289 e. The third-order valence-electron chi connectivity index (χ3n) is 4.80. The van der Waals surface area contributed by atoms with Crippen LogP contribution in [0.5, 0.6) is 0 Å². The zero-order valence-electron chi connectivity index (χ0n) is 16.3. The number of carbonyl (C=O) groups excluding carboxylic acids is 2. The molecule has 4 rings (SSSR count). The highest BCUT2D eigenvalue weighted by Gasteiger charge is 2.18. The summed E-state index contributed by atoms with van der Waals surface area (Å²) < 4.78 is 5.34. The molecule has 2 heterocycles. The fourth-order valence-electron chi connectivity index (χ4n) is 3.23. The van der Waals surface area contributed by atoms with Crippen LogP contribution in [0.3, 0.4) is 0 Å². The van der Waals surface area contributed by atoms with Crippen LogP contribution in [0.15, 0.2) is 60.0 Å².